The summed E-state index contributed by atoms with van der Waals surface area (Å²) in [5, 5.41) is 0. The molecule has 0 N–H and O–H groups in total. The second kappa shape index (κ2) is 4.85. The molecule has 1 fully saturated rings. The van der Waals surface area contributed by atoms with Gasteiger partial charge in [-0.05, 0) is 0 Å². The molecule has 0 aromatic carbocycles. The molecule has 6 nitrogen and oxygen atoms in total. The summed E-state index contributed by atoms with van der Waals surface area (Å²) in [5.74, 6) is -0.531. The first-order chi connectivity index (χ1) is 8.37. The molecule has 104 valence electrons. The van der Waals surface area contributed by atoms with Crippen LogP contribution >= 0.6 is 0 Å². The van der Waals surface area contributed by atoms with Crippen molar-refractivity contribution in [3.63, 3.8) is 0 Å². The van der Waals surface area contributed by atoms with Crippen LogP contribution in [0, 0.1) is 0 Å². The molecule has 1 rings (SSSR count). The summed E-state index contributed by atoms with van der Waals surface area (Å²) < 4.78 is 10.7. The van der Waals surface area contributed by atoms with Crippen molar-refractivity contribution in [3.05, 3.63) is 0 Å². The summed E-state index contributed by atoms with van der Waals surface area (Å²) in [6.45, 7) is 3.62. The Kier molecular flexibility index (Phi) is 4.02. The number of hydrogen-bond donors (Lipinski definition) is 0. The number of likely N-dealkylation sites (N-methyl/N-ethyl adjacent to an activating group) is 2. The van der Waals surface area contributed by atoms with Crippen LogP contribution in [0.2, 0.25) is 0 Å². The summed E-state index contributed by atoms with van der Waals surface area (Å²) in [6, 6.07) is 0. The highest BCUT2D eigenvalue weighted by atomic mass is 16.5. The molecule has 0 spiro atoms. The average Bonchev–Trinajstić information content (AvgIpc) is 2.40. The molecule has 2 unspecified atom stereocenters. The normalized spacial score (nSPS) is 33.2. The predicted molar refractivity (Wildman–Crippen MR) is 65.6 cm³/mol. The summed E-state index contributed by atoms with van der Waals surface area (Å²) in [5.41, 5.74) is -2.47. The fourth-order valence-corrected chi connectivity index (χ4v) is 2.65. The minimum absolute atomic E-state index is 0.265. The lowest BCUT2D eigenvalue weighted by atomic mass is 9.95. The van der Waals surface area contributed by atoms with Crippen molar-refractivity contribution in [3.8, 4) is 0 Å². The second-order valence-corrected chi connectivity index (χ2v) is 4.41. The third-order valence-electron chi connectivity index (χ3n) is 4.00. The number of carbonyl (C=O) groups is 2. The van der Waals surface area contributed by atoms with Crippen LogP contribution in [0.15, 0.2) is 0 Å². The number of hydrogen-bond acceptors (Lipinski definition) is 4. The maximum absolute atomic E-state index is 12.5. The van der Waals surface area contributed by atoms with Crippen LogP contribution in [0.1, 0.15) is 26.7 Å². The Hall–Kier alpha value is -1.14. The molecule has 2 amide bonds. The standard InChI is InChI=1S/C12H22N2O4/c1-7-11(17-5)9(15)14(4)12(8-2,18-6)10(16)13(11)3/h7-8H2,1-6H3. The lowest BCUT2D eigenvalue weighted by Gasteiger charge is -2.53. The maximum Gasteiger partial charge on any atom is 0.278 e. The van der Waals surface area contributed by atoms with E-state index >= 15 is 0 Å². The third kappa shape index (κ3) is 1.55. The zero-order valence-electron chi connectivity index (χ0n) is 11.9. The Morgan fingerprint density at radius 2 is 1.17 bits per heavy atom. The highest BCUT2D eigenvalue weighted by Crippen LogP contribution is 2.36. The molecule has 1 aliphatic rings. The van der Waals surface area contributed by atoms with E-state index < -0.39 is 11.4 Å². The highest BCUT2D eigenvalue weighted by Gasteiger charge is 2.60. The van der Waals surface area contributed by atoms with Gasteiger partial charge in [0, 0.05) is 41.2 Å². The van der Waals surface area contributed by atoms with E-state index in [4.69, 9.17) is 9.47 Å². The molecular weight excluding hydrogens is 236 g/mol. The number of carbonyl (C=O) groups excluding carboxylic acids is 2. The molecule has 0 aliphatic carbocycles. The molecule has 1 saturated heterocycles. The molecule has 1 aliphatic heterocycles. The Morgan fingerprint density at radius 3 is 1.33 bits per heavy atom. The molecule has 1 heterocycles. The fourth-order valence-electron chi connectivity index (χ4n) is 2.65. The van der Waals surface area contributed by atoms with Crippen molar-refractivity contribution in [1.82, 2.24) is 9.80 Å². The van der Waals surface area contributed by atoms with E-state index in [1.807, 2.05) is 13.8 Å². The Bertz CT molecular complexity index is 314. The molecule has 6 heteroatoms. The van der Waals surface area contributed by atoms with Gasteiger partial charge in [0.2, 0.25) is 11.4 Å². The highest BCUT2D eigenvalue weighted by molar-refractivity contribution is 6.00. The van der Waals surface area contributed by atoms with Crippen LogP contribution in [-0.2, 0) is 19.1 Å². The van der Waals surface area contributed by atoms with E-state index in [1.54, 1.807) is 14.1 Å². The van der Waals surface area contributed by atoms with Gasteiger partial charge in [-0.25, -0.2) is 0 Å². The number of nitrogens with zero attached hydrogens (tertiary/aromatic N) is 2. The third-order valence-corrected chi connectivity index (χ3v) is 4.00. The first-order valence-corrected chi connectivity index (χ1v) is 6.04. The summed E-state index contributed by atoms with van der Waals surface area (Å²) in [4.78, 5) is 27.8. The minimum atomic E-state index is -1.23. The molecule has 0 aromatic rings. The minimum Gasteiger partial charge on any atom is -0.350 e. The number of methoxy groups -OCH3 is 2. The Balaban J connectivity index is 3.35. The van der Waals surface area contributed by atoms with Gasteiger partial charge in [0.15, 0.2) is 0 Å². The number of piperazine rings is 1. The van der Waals surface area contributed by atoms with E-state index in [2.05, 4.69) is 0 Å². The van der Waals surface area contributed by atoms with Gasteiger partial charge in [0.1, 0.15) is 0 Å². The quantitative estimate of drug-likeness (QED) is 0.733. The van der Waals surface area contributed by atoms with Gasteiger partial charge in [-0.1, -0.05) is 13.8 Å². The van der Waals surface area contributed by atoms with Crippen molar-refractivity contribution >= 4 is 11.8 Å². The predicted octanol–water partition coefficient (Wildman–Crippen LogP) is 0.422. The summed E-state index contributed by atoms with van der Waals surface area (Å²) >= 11 is 0. The number of rotatable bonds is 4. The SMILES string of the molecule is CCC1(OC)C(=O)N(C)C(CC)(OC)C(=O)N1C. The van der Waals surface area contributed by atoms with Gasteiger partial charge in [0.25, 0.3) is 11.8 Å². The van der Waals surface area contributed by atoms with Gasteiger partial charge < -0.3 is 19.3 Å². The van der Waals surface area contributed by atoms with Gasteiger partial charge in [0.05, 0.1) is 0 Å². The smallest absolute Gasteiger partial charge is 0.278 e. The Morgan fingerprint density at radius 1 is 0.889 bits per heavy atom. The lowest BCUT2D eigenvalue weighted by Crippen LogP contribution is -2.75. The molecule has 0 aromatic heterocycles. The largest absolute Gasteiger partial charge is 0.350 e. The lowest BCUT2D eigenvalue weighted by molar-refractivity contribution is -0.238. The first-order valence-electron chi connectivity index (χ1n) is 6.04. The van der Waals surface area contributed by atoms with Crippen molar-refractivity contribution < 1.29 is 19.1 Å². The number of ether oxygens (including phenoxy) is 2. The zero-order valence-corrected chi connectivity index (χ0v) is 11.9. The monoisotopic (exact) mass is 258 g/mol. The molecule has 2 atom stereocenters. The first kappa shape index (κ1) is 14.9. The van der Waals surface area contributed by atoms with Gasteiger partial charge in [-0.15, -0.1) is 0 Å². The average molecular weight is 258 g/mol. The van der Waals surface area contributed by atoms with Crippen LogP contribution in [0.3, 0.4) is 0 Å². The van der Waals surface area contributed by atoms with Crippen molar-refractivity contribution in [1.29, 1.82) is 0 Å². The van der Waals surface area contributed by atoms with E-state index in [1.165, 1.54) is 24.0 Å². The van der Waals surface area contributed by atoms with Crippen LogP contribution in [0.25, 0.3) is 0 Å². The van der Waals surface area contributed by atoms with E-state index in [0.717, 1.165) is 0 Å². The topological polar surface area (TPSA) is 59.1 Å². The zero-order chi connectivity index (χ0) is 14.1. The van der Waals surface area contributed by atoms with E-state index in [-0.39, 0.29) is 11.8 Å². The van der Waals surface area contributed by atoms with Crippen molar-refractivity contribution in [2.75, 3.05) is 28.3 Å². The number of amides is 2. The van der Waals surface area contributed by atoms with E-state index in [0.29, 0.717) is 12.8 Å². The van der Waals surface area contributed by atoms with Crippen molar-refractivity contribution in [2.24, 2.45) is 0 Å². The summed E-state index contributed by atoms with van der Waals surface area (Å²) in [6.07, 6.45) is 0.775. The van der Waals surface area contributed by atoms with Crippen LogP contribution < -0.4 is 0 Å². The molecule has 0 radical (unpaired) electrons. The maximum atomic E-state index is 12.5. The second-order valence-electron chi connectivity index (χ2n) is 4.41. The van der Waals surface area contributed by atoms with E-state index in [9.17, 15) is 9.59 Å². The van der Waals surface area contributed by atoms with Gasteiger partial charge >= 0.3 is 0 Å². The Labute approximate surface area is 108 Å². The molecular formula is C12H22N2O4. The molecule has 0 saturated carbocycles. The van der Waals surface area contributed by atoms with Crippen LogP contribution in [-0.4, -0.2) is 61.4 Å². The molecule has 18 heavy (non-hydrogen) atoms. The van der Waals surface area contributed by atoms with Gasteiger partial charge in [-0.3, -0.25) is 9.59 Å². The van der Waals surface area contributed by atoms with Gasteiger partial charge in [-0.2, -0.15) is 0 Å². The molecule has 0 bridgehead atoms. The van der Waals surface area contributed by atoms with Crippen LogP contribution in [0.4, 0.5) is 0 Å². The van der Waals surface area contributed by atoms with Crippen molar-refractivity contribution in [2.45, 2.75) is 38.1 Å². The fraction of sp³-hybridized carbons (Fsp3) is 0.833. The summed E-state index contributed by atoms with van der Waals surface area (Å²) in [7, 11) is 6.02. The van der Waals surface area contributed by atoms with Crippen LogP contribution in [0.5, 0.6) is 0 Å².